The number of hydrogen-bond donors (Lipinski definition) is 1. The number of hydrogen-bond acceptors (Lipinski definition) is 4. The standard InChI is InChI=1S/C20H19ClFN3O2S/c1-4-25(5-2)20(27)18-12(3)14(11-23)19(28-18)24-17(26)10-9-13-15(21)7-6-8-16(13)22/h6-10H,4-5H2,1-3H3,(H,24,26)/b10-9+. The normalized spacial score (nSPS) is 10.7. The van der Waals surface area contributed by atoms with Crippen LogP contribution in [-0.4, -0.2) is 29.8 Å². The second-order valence-electron chi connectivity index (χ2n) is 5.81. The van der Waals surface area contributed by atoms with Crippen molar-refractivity contribution in [1.82, 2.24) is 4.90 Å². The first-order valence-electron chi connectivity index (χ1n) is 8.59. The lowest BCUT2D eigenvalue weighted by atomic mass is 10.1. The van der Waals surface area contributed by atoms with Crippen molar-refractivity contribution >= 4 is 45.8 Å². The number of thiophene rings is 1. The molecule has 1 N–H and O–H groups in total. The van der Waals surface area contributed by atoms with Crippen LogP contribution in [0.3, 0.4) is 0 Å². The van der Waals surface area contributed by atoms with E-state index in [1.165, 1.54) is 24.3 Å². The molecule has 0 atom stereocenters. The molecule has 0 saturated carbocycles. The lowest BCUT2D eigenvalue weighted by Crippen LogP contribution is -2.30. The van der Waals surface area contributed by atoms with Gasteiger partial charge in [-0.1, -0.05) is 17.7 Å². The molecule has 0 aliphatic carbocycles. The minimum Gasteiger partial charge on any atom is -0.338 e. The molecule has 1 aromatic heterocycles. The first kappa shape index (κ1) is 21.6. The number of rotatable bonds is 6. The topological polar surface area (TPSA) is 73.2 Å². The fourth-order valence-electron chi connectivity index (χ4n) is 2.58. The van der Waals surface area contributed by atoms with E-state index >= 15 is 0 Å². The van der Waals surface area contributed by atoms with Gasteiger partial charge in [0.1, 0.15) is 16.9 Å². The SMILES string of the molecule is CCN(CC)C(=O)c1sc(NC(=O)/C=C/c2c(F)cccc2Cl)c(C#N)c1C. The molecule has 0 aliphatic heterocycles. The average Bonchev–Trinajstić information content (AvgIpc) is 2.97. The maximum absolute atomic E-state index is 13.8. The number of nitriles is 1. The maximum atomic E-state index is 13.8. The van der Waals surface area contributed by atoms with Gasteiger partial charge in [0.2, 0.25) is 5.91 Å². The van der Waals surface area contributed by atoms with E-state index < -0.39 is 11.7 Å². The highest BCUT2D eigenvalue weighted by Crippen LogP contribution is 2.33. The molecule has 0 unspecified atom stereocenters. The van der Waals surface area contributed by atoms with Gasteiger partial charge >= 0.3 is 0 Å². The van der Waals surface area contributed by atoms with E-state index in [0.29, 0.717) is 23.5 Å². The molecule has 1 aromatic carbocycles. The average molecular weight is 420 g/mol. The van der Waals surface area contributed by atoms with Crippen LogP contribution in [0, 0.1) is 24.1 Å². The predicted octanol–water partition coefficient (Wildman–Crippen LogP) is 4.85. The van der Waals surface area contributed by atoms with Gasteiger partial charge in [0.15, 0.2) is 0 Å². The first-order valence-corrected chi connectivity index (χ1v) is 9.79. The molecule has 5 nitrogen and oxygen atoms in total. The van der Waals surface area contributed by atoms with Crippen LogP contribution in [0.2, 0.25) is 5.02 Å². The number of nitrogens with one attached hydrogen (secondary N) is 1. The van der Waals surface area contributed by atoms with Gasteiger partial charge in [-0.15, -0.1) is 11.3 Å². The maximum Gasteiger partial charge on any atom is 0.264 e. The zero-order valence-electron chi connectivity index (χ0n) is 15.7. The van der Waals surface area contributed by atoms with E-state index in [2.05, 4.69) is 5.32 Å². The smallest absolute Gasteiger partial charge is 0.264 e. The highest BCUT2D eigenvalue weighted by atomic mass is 35.5. The summed E-state index contributed by atoms with van der Waals surface area (Å²) in [6, 6.07) is 6.26. The Bertz CT molecular complexity index is 954. The summed E-state index contributed by atoms with van der Waals surface area (Å²) >= 11 is 6.99. The van der Waals surface area contributed by atoms with Crippen LogP contribution in [0.15, 0.2) is 24.3 Å². The quantitative estimate of drug-likeness (QED) is 0.680. The van der Waals surface area contributed by atoms with Gasteiger partial charge in [0, 0.05) is 24.7 Å². The molecule has 2 rings (SSSR count). The van der Waals surface area contributed by atoms with Crippen molar-refractivity contribution in [3.8, 4) is 6.07 Å². The molecular formula is C20H19ClFN3O2S. The molecule has 0 bridgehead atoms. The molecule has 2 amide bonds. The minimum atomic E-state index is -0.557. The number of halogens is 2. The molecule has 0 saturated heterocycles. The zero-order valence-corrected chi connectivity index (χ0v) is 17.2. The van der Waals surface area contributed by atoms with Crippen LogP contribution in [0.4, 0.5) is 9.39 Å². The Morgan fingerprint density at radius 1 is 1.36 bits per heavy atom. The van der Waals surface area contributed by atoms with Gasteiger partial charge < -0.3 is 10.2 Å². The van der Waals surface area contributed by atoms with Crippen molar-refractivity contribution in [3.63, 3.8) is 0 Å². The third-order valence-electron chi connectivity index (χ3n) is 4.14. The Balaban J connectivity index is 2.27. The van der Waals surface area contributed by atoms with Crippen molar-refractivity contribution in [2.45, 2.75) is 20.8 Å². The molecule has 2 aromatic rings. The van der Waals surface area contributed by atoms with Gasteiger partial charge in [-0.2, -0.15) is 5.26 Å². The Morgan fingerprint density at radius 2 is 2.04 bits per heavy atom. The highest BCUT2D eigenvalue weighted by molar-refractivity contribution is 7.18. The summed E-state index contributed by atoms with van der Waals surface area (Å²) in [5.74, 6) is -1.29. The van der Waals surface area contributed by atoms with E-state index in [-0.39, 0.29) is 27.1 Å². The highest BCUT2D eigenvalue weighted by Gasteiger charge is 2.23. The van der Waals surface area contributed by atoms with Crippen molar-refractivity contribution in [2.24, 2.45) is 0 Å². The number of benzene rings is 1. The van der Waals surface area contributed by atoms with Gasteiger partial charge in [-0.05, 0) is 44.5 Å². The third-order valence-corrected chi connectivity index (χ3v) is 5.67. The van der Waals surface area contributed by atoms with E-state index in [0.717, 1.165) is 17.4 Å². The van der Waals surface area contributed by atoms with Crippen molar-refractivity contribution in [3.05, 3.63) is 56.7 Å². The number of carbonyl (C=O) groups excluding carboxylic acids is 2. The molecule has 1 heterocycles. The number of nitrogens with zero attached hydrogens (tertiary/aromatic N) is 2. The van der Waals surface area contributed by atoms with E-state index in [4.69, 9.17) is 11.6 Å². The summed E-state index contributed by atoms with van der Waals surface area (Å²) in [7, 11) is 0. The van der Waals surface area contributed by atoms with Crippen molar-refractivity contribution in [2.75, 3.05) is 18.4 Å². The molecule has 0 spiro atoms. The monoisotopic (exact) mass is 419 g/mol. The Labute approximate surface area is 172 Å². The van der Waals surface area contributed by atoms with Gasteiger partial charge in [0.25, 0.3) is 5.91 Å². The molecule has 8 heteroatoms. The minimum absolute atomic E-state index is 0.0968. The van der Waals surface area contributed by atoms with Crippen LogP contribution in [0.25, 0.3) is 6.08 Å². The summed E-state index contributed by atoms with van der Waals surface area (Å²) in [5, 5.41) is 12.5. The van der Waals surface area contributed by atoms with Crippen molar-refractivity contribution < 1.29 is 14.0 Å². The largest absolute Gasteiger partial charge is 0.338 e. The lowest BCUT2D eigenvalue weighted by Gasteiger charge is -2.17. The Hall–Kier alpha value is -2.69. The van der Waals surface area contributed by atoms with Crippen LogP contribution in [0.5, 0.6) is 0 Å². The summed E-state index contributed by atoms with van der Waals surface area (Å²) in [6.07, 6.45) is 2.40. The Morgan fingerprint density at radius 3 is 2.61 bits per heavy atom. The zero-order chi connectivity index (χ0) is 20.8. The number of anilines is 1. The lowest BCUT2D eigenvalue weighted by molar-refractivity contribution is -0.111. The fraction of sp³-hybridized carbons (Fsp3) is 0.250. The Kier molecular flexibility index (Phi) is 7.32. The first-order chi connectivity index (χ1) is 13.3. The van der Waals surface area contributed by atoms with E-state index in [1.807, 2.05) is 19.9 Å². The summed E-state index contributed by atoms with van der Waals surface area (Å²) in [4.78, 5) is 26.9. The van der Waals surface area contributed by atoms with Crippen LogP contribution >= 0.6 is 22.9 Å². The van der Waals surface area contributed by atoms with Gasteiger partial charge in [-0.3, -0.25) is 9.59 Å². The van der Waals surface area contributed by atoms with Gasteiger partial charge in [0.05, 0.1) is 15.5 Å². The van der Waals surface area contributed by atoms with Crippen LogP contribution in [0.1, 0.15) is 40.2 Å². The van der Waals surface area contributed by atoms with E-state index in [1.54, 1.807) is 11.8 Å². The second-order valence-corrected chi connectivity index (χ2v) is 7.24. The predicted molar refractivity (Wildman–Crippen MR) is 110 cm³/mol. The molecule has 28 heavy (non-hydrogen) atoms. The third kappa shape index (κ3) is 4.58. The molecular weight excluding hydrogens is 401 g/mol. The molecule has 0 radical (unpaired) electrons. The van der Waals surface area contributed by atoms with Gasteiger partial charge in [-0.25, -0.2) is 4.39 Å². The molecule has 146 valence electrons. The fourth-order valence-corrected chi connectivity index (χ4v) is 3.93. The molecule has 0 aliphatic rings. The number of carbonyl (C=O) groups is 2. The summed E-state index contributed by atoms with van der Waals surface area (Å²) in [6.45, 7) is 6.51. The summed E-state index contributed by atoms with van der Waals surface area (Å²) < 4.78 is 13.8. The molecule has 0 fully saturated rings. The van der Waals surface area contributed by atoms with Crippen molar-refractivity contribution in [1.29, 1.82) is 5.26 Å². The van der Waals surface area contributed by atoms with Crippen LogP contribution < -0.4 is 5.32 Å². The van der Waals surface area contributed by atoms with Crippen LogP contribution in [-0.2, 0) is 4.79 Å². The number of amides is 2. The second kappa shape index (κ2) is 9.49. The summed E-state index contributed by atoms with van der Waals surface area (Å²) in [5.41, 5.74) is 0.867. The van der Waals surface area contributed by atoms with E-state index in [9.17, 15) is 19.2 Å².